The van der Waals surface area contributed by atoms with Gasteiger partial charge in [0.25, 0.3) is 0 Å². The van der Waals surface area contributed by atoms with E-state index in [1.54, 1.807) is 0 Å². The second-order valence-electron chi connectivity index (χ2n) is 5.39. The number of hydrogen-bond donors (Lipinski definition) is 1. The van der Waals surface area contributed by atoms with Crippen LogP contribution in [0.15, 0.2) is 22.5 Å². The Balaban J connectivity index is 2.12. The van der Waals surface area contributed by atoms with Crippen molar-refractivity contribution < 1.29 is 0 Å². The van der Waals surface area contributed by atoms with Crippen LogP contribution in [-0.4, -0.2) is 16.5 Å². The molecular weight excluding hydrogens is 272 g/mol. The maximum absolute atomic E-state index is 4.99. The van der Waals surface area contributed by atoms with Crippen molar-refractivity contribution in [2.24, 2.45) is 4.99 Å². The Labute approximate surface area is 125 Å². The van der Waals surface area contributed by atoms with Crippen LogP contribution in [0.2, 0.25) is 0 Å². The second-order valence-corrected chi connectivity index (χ2v) is 7.45. The van der Waals surface area contributed by atoms with Gasteiger partial charge in [0, 0.05) is 16.2 Å². The highest BCUT2D eigenvalue weighted by molar-refractivity contribution is 8.13. The molecule has 1 aromatic heterocycles. The fraction of sp³-hybridized carbons (Fsp3) is 0.667. The van der Waals surface area contributed by atoms with Crippen molar-refractivity contribution in [2.45, 2.75) is 58.0 Å². The summed E-state index contributed by atoms with van der Waals surface area (Å²) in [6.45, 7) is 6.80. The van der Waals surface area contributed by atoms with Crippen molar-refractivity contribution in [3.63, 3.8) is 0 Å². The minimum Gasteiger partial charge on any atom is -0.360 e. The van der Waals surface area contributed by atoms with Gasteiger partial charge in [-0.1, -0.05) is 38.1 Å². The Morgan fingerprint density at radius 3 is 2.95 bits per heavy atom. The minimum absolute atomic E-state index is 0.232. The standard InChI is InChI=1S/C15H24N2S2/c1-4-7-12(13-8-6-10-18-13)16-14-17-15(3,5-2)9-11-19-14/h6,8,10,12H,4-5,7,9,11H2,1-3H3,(H,16,17). The van der Waals surface area contributed by atoms with Crippen LogP contribution in [0.5, 0.6) is 0 Å². The van der Waals surface area contributed by atoms with Gasteiger partial charge in [-0.05, 0) is 37.6 Å². The van der Waals surface area contributed by atoms with E-state index in [2.05, 4.69) is 43.6 Å². The van der Waals surface area contributed by atoms with Crippen LogP contribution in [0.3, 0.4) is 0 Å². The Bertz CT molecular complexity index is 414. The molecule has 1 aromatic rings. The van der Waals surface area contributed by atoms with Crippen molar-refractivity contribution in [3.8, 4) is 0 Å². The molecule has 2 heterocycles. The highest BCUT2D eigenvalue weighted by Crippen LogP contribution is 2.30. The summed E-state index contributed by atoms with van der Waals surface area (Å²) in [7, 11) is 0. The van der Waals surface area contributed by atoms with Gasteiger partial charge in [0.15, 0.2) is 5.17 Å². The smallest absolute Gasteiger partial charge is 0.157 e. The van der Waals surface area contributed by atoms with Crippen LogP contribution < -0.4 is 5.32 Å². The molecule has 0 spiro atoms. The van der Waals surface area contributed by atoms with E-state index in [0.29, 0.717) is 6.04 Å². The predicted molar refractivity (Wildman–Crippen MR) is 88.3 cm³/mol. The zero-order valence-electron chi connectivity index (χ0n) is 12.1. The van der Waals surface area contributed by atoms with Crippen LogP contribution in [0.25, 0.3) is 0 Å². The molecule has 2 nitrogen and oxygen atoms in total. The minimum atomic E-state index is 0.232. The van der Waals surface area contributed by atoms with Gasteiger partial charge in [0.2, 0.25) is 0 Å². The van der Waals surface area contributed by atoms with E-state index in [9.17, 15) is 0 Å². The monoisotopic (exact) mass is 296 g/mol. The number of aliphatic imine (C=N–C) groups is 1. The van der Waals surface area contributed by atoms with Gasteiger partial charge < -0.3 is 5.32 Å². The normalized spacial score (nSPS) is 27.2. The second kappa shape index (κ2) is 6.80. The van der Waals surface area contributed by atoms with E-state index >= 15 is 0 Å². The number of nitrogens with zero attached hydrogens (tertiary/aromatic N) is 1. The first kappa shape index (κ1) is 14.9. The molecule has 106 valence electrons. The molecule has 1 aliphatic rings. The molecule has 1 saturated heterocycles. The molecule has 0 bridgehead atoms. The topological polar surface area (TPSA) is 24.4 Å². The van der Waals surface area contributed by atoms with Crippen LogP contribution in [0.1, 0.15) is 57.4 Å². The first-order valence-electron chi connectivity index (χ1n) is 7.19. The van der Waals surface area contributed by atoms with Gasteiger partial charge in [-0.2, -0.15) is 0 Å². The molecule has 0 aromatic carbocycles. The number of rotatable bonds is 5. The van der Waals surface area contributed by atoms with Gasteiger partial charge in [-0.3, -0.25) is 4.99 Å². The number of thiophene rings is 1. The average molecular weight is 297 g/mol. The summed E-state index contributed by atoms with van der Waals surface area (Å²) < 4.78 is 0. The van der Waals surface area contributed by atoms with Gasteiger partial charge in [-0.15, -0.1) is 11.3 Å². The van der Waals surface area contributed by atoms with Gasteiger partial charge >= 0.3 is 0 Å². The summed E-state index contributed by atoms with van der Waals surface area (Å²) in [5, 5.41) is 6.94. The van der Waals surface area contributed by atoms with Crippen molar-refractivity contribution >= 4 is 28.3 Å². The zero-order chi connectivity index (χ0) is 13.7. The number of nitrogens with one attached hydrogen (secondary N) is 1. The number of amidine groups is 1. The summed E-state index contributed by atoms with van der Waals surface area (Å²) >= 11 is 3.70. The maximum Gasteiger partial charge on any atom is 0.157 e. The Hall–Kier alpha value is -0.480. The molecule has 1 fully saturated rings. The Kier molecular flexibility index (Phi) is 5.34. The van der Waals surface area contributed by atoms with Crippen molar-refractivity contribution in [2.75, 3.05) is 5.75 Å². The fourth-order valence-corrected chi connectivity index (χ4v) is 4.30. The lowest BCUT2D eigenvalue weighted by atomic mass is 9.96. The number of hydrogen-bond acceptors (Lipinski definition) is 3. The molecule has 0 aliphatic carbocycles. The average Bonchev–Trinajstić information content (AvgIpc) is 2.92. The molecule has 1 N–H and O–H groups in total. The summed E-state index contributed by atoms with van der Waals surface area (Å²) in [6, 6.07) is 4.67. The van der Waals surface area contributed by atoms with Crippen LogP contribution in [0.4, 0.5) is 0 Å². The lowest BCUT2D eigenvalue weighted by molar-refractivity contribution is 0.389. The third-order valence-electron chi connectivity index (χ3n) is 3.79. The van der Waals surface area contributed by atoms with E-state index in [4.69, 9.17) is 4.99 Å². The third-order valence-corrected chi connectivity index (χ3v) is 5.65. The molecule has 1 aliphatic heterocycles. The molecule has 4 heteroatoms. The van der Waals surface area contributed by atoms with Crippen molar-refractivity contribution in [1.82, 2.24) is 5.32 Å². The van der Waals surface area contributed by atoms with Gasteiger partial charge in [0.1, 0.15) is 0 Å². The maximum atomic E-state index is 4.99. The fourth-order valence-electron chi connectivity index (χ4n) is 2.23. The molecule has 2 rings (SSSR count). The molecule has 2 unspecified atom stereocenters. The largest absolute Gasteiger partial charge is 0.360 e. The van der Waals surface area contributed by atoms with E-state index in [1.165, 1.54) is 23.5 Å². The number of thioether (sulfide) groups is 1. The highest BCUT2D eigenvalue weighted by Gasteiger charge is 2.28. The molecule has 0 radical (unpaired) electrons. The third kappa shape index (κ3) is 3.99. The molecular formula is C15H24N2S2. The van der Waals surface area contributed by atoms with Crippen molar-refractivity contribution in [1.29, 1.82) is 0 Å². The summed E-state index contributed by atoms with van der Waals surface area (Å²) in [5.41, 5.74) is 0.232. The molecule has 0 amide bonds. The van der Waals surface area contributed by atoms with E-state index in [1.807, 2.05) is 23.1 Å². The molecule has 19 heavy (non-hydrogen) atoms. The Morgan fingerprint density at radius 2 is 2.32 bits per heavy atom. The van der Waals surface area contributed by atoms with E-state index in [-0.39, 0.29) is 5.54 Å². The summed E-state index contributed by atoms with van der Waals surface area (Å²) in [6.07, 6.45) is 4.69. The van der Waals surface area contributed by atoms with E-state index < -0.39 is 0 Å². The van der Waals surface area contributed by atoms with Crippen LogP contribution in [-0.2, 0) is 0 Å². The quantitative estimate of drug-likeness (QED) is 0.840. The SMILES string of the molecule is CCCC(N=C1NC(C)(CC)CCS1)c1cccs1. The zero-order valence-corrected chi connectivity index (χ0v) is 13.7. The van der Waals surface area contributed by atoms with Crippen LogP contribution >= 0.6 is 23.1 Å². The molecule has 2 atom stereocenters. The Morgan fingerprint density at radius 1 is 1.47 bits per heavy atom. The van der Waals surface area contributed by atoms with Crippen LogP contribution in [0, 0.1) is 0 Å². The lowest BCUT2D eigenvalue weighted by Gasteiger charge is -2.35. The lowest BCUT2D eigenvalue weighted by Crippen LogP contribution is -2.48. The van der Waals surface area contributed by atoms with Gasteiger partial charge in [0.05, 0.1) is 6.04 Å². The predicted octanol–water partition coefficient (Wildman–Crippen LogP) is 4.84. The first-order chi connectivity index (χ1) is 9.17. The summed E-state index contributed by atoms with van der Waals surface area (Å²) in [4.78, 5) is 6.38. The summed E-state index contributed by atoms with van der Waals surface area (Å²) in [5.74, 6) is 1.18. The van der Waals surface area contributed by atoms with Crippen molar-refractivity contribution in [3.05, 3.63) is 22.4 Å². The highest BCUT2D eigenvalue weighted by atomic mass is 32.2. The molecule has 0 saturated carbocycles. The van der Waals surface area contributed by atoms with E-state index in [0.717, 1.165) is 18.0 Å². The first-order valence-corrected chi connectivity index (χ1v) is 9.05. The van der Waals surface area contributed by atoms with Gasteiger partial charge in [-0.25, -0.2) is 0 Å².